The summed E-state index contributed by atoms with van der Waals surface area (Å²) >= 11 is 18.7. The molecule has 8 nitrogen and oxygen atoms in total. The summed E-state index contributed by atoms with van der Waals surface area (Å²) in [6.45, 7) is 2.31. The maximum atomic E-state index is 13.5. The lowest BCUT2D eigenvalue weighted by molar-refractivity contribution is -0.122. The molecule has 4 amide bonds. The summed E-state index contributed by atoms with van der Waals surface area (Å²) in [4.78, 5) is 39.8. The Morgan fingerprint density at radius 2 is 1.56 bits per heavy atom. The van der Waals surface area contributed by atoms with Gasteiger partial charge in [0.2, 0.25) is 0 Å². The summed E-state index contributed by atoms with van der Waals surface area (Å²) in [5, 5.41) is 3.32. The number of carbonyl (C=O) groups is 3. The third kappa shape index (κ3) is 7.57. The molecule has 0 radical (unpaired) electrons. The number of urea groups is 1. The fraction of sp³-hybridized carbons (Fsp3) is 0.121. The van der Waals surface area contributed by atoms with Crippen molar-refractivity contribution in [3.05, 3.63) is 122 Å². The summed E-state index contributed by atoms with van der Waals surface area (Å²) in [6, 6.07) is 19.2. The number of amides is 4. The molecule has 45 heavy (non-hydrogen) atoms. The lowest BCUT2D eigenvalue weighted by Crippen LogP contribution is -2.54. The van der Waals surface area contributed by atoms with Crippen molar-refractivity contribution in [1.82, 2.24) is 5.32 Å². The van der Waals surface area contributed by atoms with E-state index in [9.17, 15) is 18.8 Å². The molecule has 1 saturated heterocycles. The van der Waals surface area contributed by atoms with Crippen LogP contribution in [-0.2, 0) is 22.8 Å². The number of barbiturate groups is 1. The number of halogens is 4. The first-order chi connectivity index (χ1) is 21.6. The molecular weight excluding hydrogens is 646 g/mol. The lowest BCUT2D eigenvalue weighted by atomic mass is 10.1. The summed E-state index contributed by atoms with van der Waals surface area (Å²) < 4.78 is 30.6. The number of rotatable bonds is 10. The van der Waals surface area contributed by atoms with E-state index in [2.05, 4.69) is 5.32 Å². The predicted octanol–water partition coefficient (Wildman–Crippen LogP) is 8.01. The Balaban J connectivity index is 1.35. The fourth-order valence-electron chi connectivity index (χ4n) is 4.36. The molecule has 1 N–H and O–H groups in total. The molecule has 0 spiro atoms. The first-order valence-corrected chi connectivity index (χ1v) is 14.7. The van der Waals surface area contributed by atoms with Gasteiger partial charge in [0.05, 0.1) is 17.3 Å². The number of hydrogen-bond donors (Lipinski definition) is 1. The SMILES string of the molecule is CCOc1cc(/C=C2\C(=O)NC(=O)N(c3ccc(OCc4ccc(Cl)cc4Cl)cc3)C2=O)cc(Cl)c1OCc1ccc(F)cc1. The molecule has 0 unspecified atom stereocenters. The Labute approximate surface area is 272 Å². The molecule has 0 atom stereocenters. The highest BCUT2D eigenvalue weighted by atomic mass is 35.5. The summed E-state index contributed by atoms with van der Waals surface area (Å²) in [7, 11) is 0. The maximum absolute atomic E-state index is 13.5. The molecule has 1 fully saturated rings. The van der Waals surface area contributed by atoms with Gasteiger partial charge in [0.25, 0.3) is 11.8 Å². The quantitative estimate of drug-likeness (QED) is 0.136. The minimum atomic E-state index is -0.902. The van der Waals surface area contributed by atoms with E-state index in [4.69, 9.17) is 49.0 Å². The number of hydrogen-bond acceptors (Lipinski definition) is 6. The molecule has 0 bridgehead atoms. The van der Waals surface area contributed by atoms with Crippen LogP contribution in [0.15, 0.2) is 84.4 Å². The van der Waals surface area contributed by atoms with Crippen LogP contribution in [0.25, 0.3) is 6.08 Å². The number of carbonyl (C=O) groups excluding carboxylic acids is 3. The zero-order valence-electron chi connectivity index (χ0n) is 23.6. The van der Waals surface area contributed by atoms with E-state index in [-0.39, 0.29) is 53.4 Å². The topological polar surface area (TPSA) is 94.2 Å². The molecule has 1 heterocycles. The highest BCUT2D eigenvalue weighted by Crippen LogP contribution is 2.38. The minimum absolute atomic E-state index is 0.0944. The van der Waals surface area contributed by atoms with E-state index in [1.807, 2.05) is 0 Å². The monoisotopic (exact) mass is 668 g/mol. The van der Waals surface area contributed by atoms with Gasteiger partial charge in [0.1, 0.15) is 30.4 Å². The fourth-order valence-corrected chi connectivity index (χ4v) is 5.10. The molecule has 5 rings (SSSR count). The average molecular weight is 670 g/mol. The number of ether oxygens (including phenoxy) is 3. The molecule has 1 aliphatic rings. The van der Waals surface area contributed by atoms with Crippen LogP contribution in [0.5, 0.6) is 17.2 Å². The molecule has 4 aromatic carbocycles. The van der Waals surface area contributed by atoms with Gasteiger partial charge in [-0.25, -0.2) is 14.1 Å². The molecular formula is C33H24Cl3FN2O6. The lowest BCUT2D eigenvalue weighted by Gasteiger charge is -2.26. The van der Waals surface area contributed by atoms with Crippen molar-refractivity contribution in [2.24, 2.45) is 0 Å². The Hall–Kier alpha value is -4.57. The number of anilines is 1. The van der Waals surface area contributed by atoms with Gasteiger partial charge >= 0.3 is 6.03 Å². The van der Waals surface area contributed by atoms with Gasteiger partial charge in [0.15, 0.2) is 11.5 Å². The van der Waals surface area contributed by atoms with E-state index in [0.717, 1.165) is 10.5 Å². The van der Waals surface area contributed by atoms with Gasteiger partial charge in [-0.1, -0.05) is 53.0 Å². The number of nitrogens with one attached hydrogen (secondary N) is 1. The summed E-state index contributed by atoms with van der Waals surface area (Å²) in [6.07, 6.45) is 1.31. The molecule has 0 aromatic heterocycles. The van der Waals surface area contributed by atoms with E-state index < -0.39 is 17.8 Å². The number of imide groups is 2. The van der Waals surface area contributed by atoms with Crippen LogP contribution in [0.1, 0.15) is 23.6 Å². The summed E-state index contributed by atoms with van der Waals surface area (Å²) in [5.41, 5.74) is 1.70. The van der Waals surface area contributed by atoms with Crippen LogP contribution in [0.2, 0.25) is 15.1 Å². The first-order valence-electron chi connectivity index (χ1n) is 13.5. The Morgan fingerprint density at radius 1 is 0.822 bits per heavy atom. The van der Waals surface area contributed by atoms with Crippen molar-refractivity contribution in [2.45, 2.75) is 20.1 Å². The van der Waals surface area contributed by atoms with Crippen molar-refractivity contribution in [3.63, 3.8) is 0 Å². The normalized spacial score (nSPS) is 14.0. The second-order valence-corrected chi connectivity index (χ2v) is 10.9. The first kappa shape index (κ1) is 31.8. The third-order valence-corrected chi connectivity index (χ3v) is 7.41. The molecule has 0 saturated carbocycles. The smallest absolute Gasteiger partial charge is 0.335 e. The largest absolute Gasteiger partial charge is 0.490 e. The average Bonchev–Trinajstić information content (AvgIpc) is 3.00. The van der Waals surface area contributed by atoms with Gasteiger partial charge in [-0.3, -0.25) is 14.9 Å². The zero-order valence-corrected chi connectivity index (χ0v) is 25.9. The standard InChI is InChI=1S/C33H24Cl3FN2O6/c1-2-43-29-15-20(14-28(36)30(29)45-17-19-3-7-23(37)8-4-19)13-26-31(40)38-33(42)39(32(26)41)24-9-11-25(12-10-24)44-18-21-5-6-22(34)16-27(21)35/h3-16H,2,17-18H2,1H3,(H,38,40,42)/b26-13+. The zero-order chi connectivity index (χ0) is 32.1. The van der Waals surface area contributed by atoms with Crippen molar-refractivity contribution in [2.75, 3.05) is 11.5 Å². The van der Waals surface area contributed by atoms with Gasteiger partial charge in [-0.2, -0.15) is 0 Å². The number of nitrogens with zero attached hydrogens (tertiary/aromatic N) is 1. The molecule has 4 aromatic rings. The summed E-state index contributed by atoms with van der Waals surface area (Å²) in [5.74, 6) is -1.11. The third-order valence-electron chi connectivity index (χ3n) is 6.55. The van der Waals surface area contributed by atoms with Gasteiger partial charge in [0, 0.05) is 15.6 Å². The Morgan fingerprint density at radius 3 is 2.24 bits per heavy atom. The van der Waals surface area contributed by atoms with E-state index in [1.165, 1.54) is 36.4 Å². The van der Waals surface area contributed by atoms with Crippen molar-refractivity contribution in [1.29, 1.82) is 0 Å². The highest BCUT2D eigenvalue weighted by molar-refractivity contribution is 6.39. The molecule has 230 valence electrons. The molecule has 1 aliphatic heterocycles. The molecule has 0 aliphatic carbocycles. The Bertz CT molecular complexity index is 1800. The second-order valence-electron chi connectivity index (χ2n) is 9.65. The van der Waals surface area contributed by atoms with Crippen LogP contribution in [-0.4, -0.2) is 24.5 Å². The Kier molecular flexibility index (Phi) is 9.93. The van der Waals surface area contributed by atoms with Gasteiger partial charge in [-0.15, -0.1) is 0 Å². The van der Waals surface area contributed by atoms with Crippen LogP contribution in [0, 0.1) is 5.82 Å². The minimum Gasteiger partial charge on any atom is -0.490 e. The van der Waals surface area contributed by atoms with Crippen LogP contribution < -0.4 is 24.4 Å². The predicted molar refractivity (Wildman–Crippen MR) is 170 cm³/mol. The van der Waals surface area contributed by atoms with Gasteiger partial charge in [-0.05, 0) is 84.8 Å². The van der Waals surface area contributed by atoms with Crippen molar-refractivity contribution >= 4 is 64.4 Å². The van der Waals surface area contributed by atoms with Crippen molar-refractivity contribution < 1.29 is 33.0 Å². The van der Waals surface area contributed by atoms with E-state index in [1.54, 1.807) is 55.5 Å². The van der Waals surface area contributed by atoms with Crippen LogP contribution >= 0.6 is 34.8 Å². The highest BCUT2D eigenvalue weighted by Gasteiger charge is 2.37. The van der Waals surface area contributed by atoms with Gasteiger partial charge < -0.3 is 14.2 Å². The van der Waals surface area contributed by atoms with E-state index >= 15 is 0 Å². The number of benzene rings is 4. The van der Waals surface area contributed by atoms with E-state index in [0.29, 0.717) is 26.9 Å². The second kappa shape index (κ2) is 14.0. The van der Waals surface area contributed by atoms with Crippen molar-refractivity contribution in [3.8, 4) is 17.2 Å². The molecule has 12 heteroatoms. The van der Waals surface area contributed by atoms with Crippen LogP contribution in [0.3, 0.4) is 0 Å². The maximum Gasteiger partial charge on any atom is 0.335 e. The van der Waals surface area contributed by atoms with Crippen LogP contribution in [0.4, 0.5) is 14.9 Å².